The minimum atomic E-state index is 0.211. The number of aromatic nitrogens is 3. The average molecular weight is 293 g/mol. The Morgan fingerprint density at radius 3 is 2.90 bits per heavy atom. The zero-order valence-electron chi connectivity index (χ0n) is 12.0. The van der Waals surface area contributed by atoms with Crippen LogP contribution in [0.1, 0.15) is 37.7 Å². The van der Waals surface area contributed by atoms with Crippen molar-refractivity contribution in [3.63, 3.8) is 0 Å². The van der Waals surface area contributed by atoms with Crippen LogP contribution in [0.2, 0.25) is 5.02 Å². The van der Waals surface area contributed by atoms with E-state index in [1.54, 1.807) is 6.33 Å². The Bertz CT molecular complexity index is 538. The first-order chi connectivity index (χ1) is 9.74. The Kier molecular flexibility index (Phi) is 5.56. The molecule has 0 aliphatic rings. The molecule has 4 nitrogen and oxygen atoms in total. The minimum Gasteiger partial charge on any atom is -0.310 e. The molecule has 1 aromatic heterocycles. The second-order valence-corrected chi connectivity index (χ2v) is 5.19. The van der Waals surface area contributed by atoms with Gasteiger partial charge in [0, 0.05) is 24.0 Å². The highest BCUT2D eigenvalue weighted by atomic mass is 35.5. The van der Waals surface area contributed by atoms with E-state index in [2.05, 4.69) is 35.3 Å². The van der Waals surface area contributed by atoms with Crippen LogP contribution in [0.3, 0.4) is 0 Å². The summed E-state index contributed by atoms with van der Waals surface area (Å²) in [6.07, 6.45) is 3.53. The van der Waals surface area contributed by atoms with Crippen LogP contribution in [0.15, 0.2) is 30.6 Å². The van der Waals surface area contributed by atoms with Gasteiger partial charge in [-0.25, -0.2) is 4.98 Å². The van der Waals surface area contributed by atoms with E-state index in [1.165, 1.54) is 5.56 Å². The summed E-state index contributed by atoms with van der Waals surface area (Å²) in [5.74, 6) is 1.00. The summed E-state index contributed by atoms with van der Waals surface area (Å²) in [4.78, 5) is 4.36. The van der Waals surface area contributed by atoms with Gasteiger partial charge in [-0.05, 0) is 37.6 Å². The molecular weight excluding hydrogens is 272 g/mol. The molecule has 0 spiro atoms. The maximum Gasteiger partial charge on any atom is 0.138 e. The van der Waals surface area contributed by atoms with E-state index in [9.17, 15) is 0 Å². The van der Waals surface area contributed by atoms with Crippen LogP contribution in [0.25, 0.3) is 0 Å². The van der Waals surface area contributed by atoms with Crippen molar-refractivity contribution in [3.8, 4) is 0 Å². The van der Waals surface area contributed by atoms with Crippen LogP contribution in [0, 0.1) is 0 Å². The molecule has 108 valence electrons. The lowest BCUT2D eigenvalue weighted by molar-refractivity contribution is 0.497. The van der Waals surface area contributed by atoms with E-state index in [0.29, 0.717) is 0 Å². The molecule has 1 N–H and O–H groups in total. The summed E-state index contributed by atoms with van der Waals surface area (Å²) in [6, 6.07) is 8.22. The number of nitrogens with one attached hydrogen (secondary N) is 1. The highest BCUT2D eigenvalue weighted by molar-refractivity contribution is 6.30. The van der Waals surface area contributed by atoms with Crippen molar-refractivity contribution in [1.82, 2.24) is 20.1 Å². The molecule has 0 saturated heterocycles. The van der Waals surface area contributed by atoms with Gasteiger partial charge in [-0.2, -0.15) is 5.10 Å². The summed E-state index contributed by atoms with van der Waals surface area (Å²) in [7, 11) is 0. The SMILES string of the molecule is CCCNC(Cc1ncnn1CC)c1cccc(Cl)c1. The molecule has 1 atom stereocenters. The average Bonchev–Trinajstić information content (AvgIpc) is 2.90. The van der Waals surface area contributed by atoms with E-state index >= 15 is 0 Å². The lowest BCUT2D eigenvalue weighted by Gasteiger charge is -2.19. The zero-order valence-corrected chi connectivity index (χ0v) is 12.8. The van der Waals surface area contributed by atoms with Gasteiger partial charge in [-0.1, -0.05) is 30.7 Å². The maximum absolute atomic E-state index is 6.10. The molecule has 0 aliphatic carbocycles. The number of halogens is 1. The van der Waals surface area contributed by atoms with Gasteiger partial charge < -0.3 is 5.32 Å². The monoisotopic (exact) mass is 292 g/mol. The van der Waals surface area contributed by atoms with Gasteiger partial charge in [0.1, 0.15) is 12.2 Å². The molecule has 2 rings (SSSR count). The Balaban J connectivity index is 2.19. The lowest BCUT2D eigenvalue weighted by atomic mass is 10.0. The second-order valence-electron chi connectivity index (χ2n) is 4.76. The fourth-order valence-corrected chi connectivity index (χ4v) is 2.44. The third-order valence-electron chi connectivity index (χ3n) is 3.27. The van der Waals surface area contributed by atoms with Crippen molar-refractivity contribution in [1.29, 1.82) is 0 Å². The van der Waals surface area contributed by atoms with E-state index in [1.807, 2.05) is 22.9 Å². The largest absolute Gasteiger partial charge is 0.310 e. The predicted octanol–water partition coefficient (Wildman–Crippen LogP) is 3.23. The molecule has 0 radical (unpaired) electrons. The predicted molar refractivity (Wildman–Crippen MR) is 81.9 cm³/mol. The molecule has 1 aromatic carbocycles. The first-order valence-corrected chi connectivity index (χ1v) is 7.48. The van der Waals surface area contributed by atoms with Crippen LogP contribution in [-0.4, -0.2) is 21.3 Å². The standard InChI is InChI=1S/C15H21ClN4/c1-3-8-17-14(12-6-5-7-13(16)9-12)10-15-18-11-19-20(15)4-2/h5-7,9,11,14,17H,3-4,8,10H2,1-2H3. The molecule has 0 fully saturated rings. The van der Waals surface area contributed by atoms with Crippen LogP contribution in [0.4, 0.5) is 0 Å². The fourth-order valence-electron chi connectivity index (χ4n) is 2.24. The maximum atomic E-state index is 6.10. The van der Waals surface area contributed by atoms with Crippen molar-refractivity contribution in [2.45, 2.75) is 39.3 Å². The van der Waals surface area contributed by atoms with E-state index in [4.69, 9.17) is 11.6 Å². The fraction of sp³-hybridized carbons (Fsp3) is 0.467. The number of aryl methyl sites for hydroxylation is 1. The van der Waals surface area contributed by atoms with Crippen LogP contribution in [-0.2, 0) is 13.0 Å². The van der Waals surface area contributed by atoms with Crippen molar-refractivity contribution in [3.05, 3.63) is 47.0 Å². The van der Waals surface area contributed by atoms with Gasteiger partial charge in [0.2, 0.25) is 0 Å². The molecule has 20 heavy (non-hydrogen) atoms. The molecule has 1 unspecified atom stereocenters. The number of hydrogen-bond donors (Lipinski definition) is 1. The van der Waals surface area contributed by atoms with Gasteiger partial charge in [-0.3, -0.25) is 4.68 Å². The first kappa shape index (κ1) is 15.0. The Morgan fingerprint density at radius 1 is 1.35 bits per heavy atom. The van der Waals surface area contributed by atoms with Crippen LogP contribution >= 0.6 is 11.6 Å². The molecule has 0 saturated carbocycles. The minimum absolute atomic E-state index is 0.211. The van der Waals surface area contributed by atoms with Crippen LogP contribution < -0.4 is 5.32 Å². The smallest absolute Gasteiger partial charge is 0.138 e. The zero-order chi connectivity index (χ0) is 14.4. The molecule has 0 amide bonds. The van der Waals surface area contributed by atoms with Gasteiger partial charge in [0.05, 0.1) is 0 Å². The number of benzene rings is 1. The summed E-state index contributed by atoms with van der Waals surface area (Å²) in [5, 5.41) is 8.56. The highest BCUT2D eigenvalue weighted by Crippen LogP contribution is 2.21. The number of hydrogen-bond acceptors (Lipinski definition) is 3. The van der Waals surface area contributed by atoms with Crippen molar-refractivity contribution in [2.75, 3.05) is 6.54 Å². The van der Waals surface area contributed by atoms with Crippen molar-refractivity contribution >= 4 is 11.6 Å². The van der Waals surface area contributed by atoms with E-state index < -0.39 is 0 Å². The van der Waals surface area contributed by atoms with Crippen molar-refractivity contribution in [2.24, 2.45) is 0 Å². The van der Waals surface area contributed by atoms with E-state index in [-0.39, 0.29) is 6.04 Å². The van der Waals surface area contributed by atoms with E-state index in [0.717, 1.165) is 36.8 Å². The molecule has 1 heterocycles. The number of rotatable bonds is 7. The van der Waals surface area contributed by atoms with Gasteiger partial charge in [-0.15, -0.1) is 0 Å². The summed E-state index contributed by atoms with van der Waals surface area (Å²) < 4.78 is 1.94. The van der Waals surface area contributed by atoms with Crippen LogP contribution in [0.5, 0.6) is 0 Å². The Hall–Kier alpha value is -1.39. The second kappa shape index (κ2) is 7.41. The Morgan fingerprint density at radius 2 is 2.20 bits per heavy atom. The molecule has 0 bridgehead atoms. The third-order valence-corrected chi connectivity index (χ3v) is 3.51. The Labute approximate surface area is 125 Å². The highest BCUT2D eigenvalue weighted by Gasteiger charge is 2.15. The normalized spacial score (nSPS) is 12.6. The van der Waals surface area contributed by atoms with Gasteiger partial charge >= 0.3 is 0 Å². The molecule has 2 aromatic rings. The van der Waals surface area contributed by atoms with Gasteiger partial charge in [0.25, 0.3) is 0 Å². The molecule has 5 heteroatoms. The first-order valence-electron chi connectivity index (χ1n) is 7.10. The van der Waals surface area contributed by atoms with Crippen molar-refractivity contribution < 1.29 is 0 Å². The molecule has 0 aliphatic heterocycles. The quantitative estimate of drug-likeness (QED) is 0.852. The topological polar surface area (TPSA) is 42.7 Å². The third kappa shape index (κ3) is 3.81. The lowest BCUT2D eigenvalue weighted by Crippen LogP contribution is -2.25. The molecular formula is C15H21ClN4. The number of nitrogens with zero attached hydrogens (tertiary/aromatic N) is 3. The summed E-state index contributed by atoms with van der Waals surface area (Å²) >= 11 is 6.10. The van der Waals surface area contributed by atoms with Gasteiger partial charge in [0.15, 0.2) is 0 Å². The summed E-state index contributed by atoms with van der Waals surface area (Å²) in [6.45, 7) is 6.05. The summed E-state index contributed by atoms with van der Waals surface area (Å²) in [5.41, 5.74) is 1.19.